The van der Waals surface area contributed by atoms with Gasteiger partial charge in [0.1, 0.15) is 11.6 Å². The Balaban J connectivity index is 1.74. The predicted molar refractivity (Wildman–Crippen MR) is 86.4 cm³/mol. The van der Waals surface area contributed by atoms with Crippen LogP contribution in [0.4, 0.5) is 8.78 Å². The largest absolute Gasteiger partial charge is 0.472 e. The number of aromatic nitrogens is 1. The zero-order valence-corrected chi connectivity index (χ0v) is 13.2. The fourth-order valence-corrected chi connectivity index (χ4v) is 3.51. The molecule has 124 valence electrons. The van der Waals surface area contributed by atoms with Crippen molar-refractivity contribution in [3.63, 3.8) is 0 Å². The molecule has 0 N–H and O–H groups in total. The Labute approximate surface area is 139 Å². The minimum absolute atomic E-state index is 0.0380. The van der Waals surface area contributed by atoms with E-state index in [4.69, 9.17) is 4.42 Å². The lowest BCUT2D eigenvalue weighted by Gasteiger charge is -2.29. The first-order valence-electron chi connectivity index (χ1n) is 8.07. The van der Waals surface area contributed by atoms with Crippen LogP contribution in [-0.2, 0) is 13.1 Å². The topological polar surface area (TPSA) is 21.3 Å². The lowest BCUT2D eigenvalue weighted by molar-refractivity contribution is 0.216. The molecule has 0 saturated carbocycles. The van der Waals surface area contributed by atoms with Crippen LogP contribution in [0.25, 0.3) is 0 Å². The number of benzene rings is 1. The molecule has 0 bridgehead atoms. The number of hydrogen-bond acceptors (Lipinski definition) is 2. The minimum atomic E-state index is -0.413. The fraction of sp³-hybridized carbons (Fsp3) is 0.263. The first-order chi connectivity index (χ1) is 11.7. The fourth-order valence-electron chi connectivity index (χ4n) is 3.51. The molecular weight excluding hydrogens is 310 g/mol. The molecule has 3 nitrogen and oxygen atoms in total. The van der Waals surface area contributed by atoms with Gasteiger partial charge in [0, 0.05) is 42.7 Å². The Kier molecular flexibility index (Phi) is 3.94. The number of rotatable bonds is 3. The Bertz CT molecular complexity index is 826. The third-order valence-corrected chi connectivity index (χ3v) is 4.59. The number of halogens is 2. The van der Waals surface area contributed by atoms with E-state index in [1.54, 1.807) is 12.5 Å². The van der Waals surface area contributed by atoms with Crippen molar-refractivity contribution in [2.24, 2.45) is 0 Å². The van der Waals surface area contributed by atoms with Gasteiger partial charge in [-0.1, -0.05) is 0 Å². The summed E-state index contributed by atoms with van der Waals surface area (Å²) in [7, 11) is 0. The molecule has 24 heavy (non-hydrogen) atoms. The van der Waals surface area contributed by atoms with Crippen molar-refractivity contribution >= 4 is 0 Å². The molecule has 0 spiro atoms. The van der Waals surface area contributed by atoms with Gasteiger partial charge in [-0.15, -0.1) is 0 Å². The molecule has 2 aromatic heterocycles. The van der Waals surface area contributed by atoms with Gasteiger partial charge in [-0.2, -0.15) is 0 Å². The number of nitrogens with zero attached hydrogens (tertiary/aromatic N) is 2. The van der Waals surface area contributed by atoms with Gasteiger partial charge >= 0.3 is 0 Å². The van der Waals surface area contributed by atoms with Crippen molar-refractivity contribution in [2.75, 3.05) is 6.54 Å². The number of fused-ring (bicyclic) bond motifs is 1. The molecule has 0 radical (unpaired) electrons. The quantitative estimate of drug-likeness (QED) is 0.712. The van der Waals surface area contributed by atoms with Crippen LogP contribution in [0.15, 0.2) is 59.5 Å². The Morgan fingerprint density at radius 1 is 1.12 bits per heavy atom. The Morgan fingerprint density at radius 3 is 2.88 bits per heavy atom. The van der Waals surface area contributed by atoms with E-state index < -0.39 is 5.82 Å². The average Bonchev–Trinajstić information content (AvgIpc) is 3.22. The van der Waals surface area contributed by atoms with Crippen molar-refractivity contribution in [1.82, 2.24) is 9.47 Å². The van der Waals surface area contributed by atoms with E-state index in [0.717, 1.165) is 36.8 Å². The average molecular weight is 328 g/mol. The van der Waals surface area contributed by atoms with Crippen LogP contribution < -0.4 is 0 Å². The third kappa shape index (κ3) is 2.76. The summed E-state index contributed by atoms with van der Waals surface area (Å²) in [6.45, 7) is 2.07. The Hall–Kier alpha value is -2.40. The second kappa shape index (κ2) is 6.24. The van der Waals surface area contributed by atoms with Gasteiger partial charge in [0.05, 0.1) is 18.6 Å². The van der Waals surface area contributed by atoms with Crippen LogP contribution in [-0.4, -0.2) is 16.0 Å². The molecule has 0 aliphatic carbocycles. The van der Waals surface area contributed by atoms with Crippen LogP contribution in [0.3, 0.4) is 0 Å². The highest BCUT2D eigenvalue weighted by molar-refractivity contribution is 5.28. The molecule has 5 heteroatoms. The van der Waals surface area contributed by atoms with Gasteiger partial charge < -0.3 is 8.98 Å². The minimum Gasteiger partial charge on any atom is -0.472 e. The van der Waals surface area contributed by atoms with E-state index in [1.165, 1.54) is 12.1 Å². The van der Waals surface area contributed by atoms with Gasteiger partial charge in [0.25, 0.3) is 0 Å². The highest BCUT2D eigenvalue weighted by Crippen LogP contribution is 2.33. The lowest BCUT2D eigenvalue weighted by atomic mass is 10.0. The van der Waals surface area contributed by atoms with E-state index in [9.17, 15) is 8.78 Å². The molecule has 1 aliphatic heterocycles. The molecule has 1 atom stereocenters. The van der Waals surface area contributed by atoms with Gasteiger partial charge in [-0.25, -0.2) is 8.78 Å². The molecule has 0 amide bonds. The first-order valence-corrected chi connectivity index (χ1v) is 8.07. The normalized spacial score (nSPS) is 18.3. The zero-order valence-electron chi connectivity index (χ0n) is 13.2. The molecule has 1 unspecified atom stereocenters. The maximum Gasteiger partial charge on any atom is 0.127 e. The van der Waals surface area contributed by atoms with Crippen LogP contribution in [0.2, 0.25) is 0 Å². The van der Waals surface area contributed by atoms with Gasteiger partial charge in [0.2, 0.25) is 0 Å². The predicted octanol–water partition coefficient (Wildman–Crippen LogP) is 4.35. The van der Waals surface area contributed by atoms with Crippen LogP contribution in [0.1, 0.15) is 29.3 Å². The monoisotopic (exact) mass is 328 g/mol. The number of aryl methyl sites for hydroxylation is 1. The molecule has 3 heterocycles. The summed E-state index contributed by atoms with van der Waals surface area (Å²) in [6, 6.07) is 9.63. The highest BCUT2D eigenvalue weighted by Gasteiger charge is 2.28. The summed E-state index contributed by atoms with van der Waals surface area (Å²) in [5.74, 6) is -0.786. The van der Waals surface area contributed by atoms with E-state index in [2.05, 4.69) is 21.7 Å². The summed E-state index contributed by atoms with van der Waals surface area (Å²) >= 11 is 0. The summed E-state index contributed by atoms with van der Waals surface area (Å²) in [5.41, 5.74) is 2.54. The molecule has 0 fully saturated rings. The second-order valence-corrected chi connectivity index (χ2v) is 6.15. The van der Waals surface area contributed by atoms with Crippen LogP contribution >= 0.6 is 0 Å². The summed E-state index contributed by atoms with van der Waals surface area (Å²) in [4.78, 5) is 2.18. The summed E-state index contributed by atoms with van der Waals surface area (Å²) in [6.07, 6.45) is 6.39. The van der Waals surface area contributed by atoms with E-state index in [0.29, 0.717) is 12.1 Å². The highest BCUT2D eigenvalue weighted by atomic mass is 19.1. The molecular formula is C19H18F2N2O. The van der Waals surface area contributed by atoms with E-state index >= 15 is 0 Å². The van der Waals surface area contributed by atoms with Crippen molar-refractivity contribution in [3.05, 3.63) is 83.6 Å². The van der Waals surface area contributed by atoms with Crippen molar-refractivity contribution in [3.8, 4) is 0 Å². The Morgan fingerprint density at radius 2 is 2.04 bits per heavy atom. The van der Waals surface area contributed by atoms with Crippen LogP contribution in [0.5, 0.6) is 0 Å². The summed E-state index contributed by atoms with van der Waals surface area (Å²) in [5, 5.41) is 0. The maximum atomic E-state index is 14.1. The maximum absolute atomic E-state index is 14.1. The molecule has 1 aromatic carbocycles. The molecule has 4 rings (SSSR count). The second-order valence-electron chi connectivity index (χ2n) is 6.15. The van der Waals surface area contributed by atoms with Crippen LogP contribution in [0, 0.1) is 11.6 Å². The van der Waals surface area contributed by atoms with Crippen molar-refractivity contribution in [2.45, 2.75) is 25.6 Å². The van der Waals surface area contributed by atoms with E-state index in [1.807, 2.05) is 12.1 Å². The van der Waals surface area contributed by atoms with Gasteiger partial charge in [-0.3, -0.25) is 4.90 Å². The van der Waals surface area contributed by atoms with Crippen molar-refractivity contribution < 1.29 is 13.2 Å². The summed E-state index contributed by atoms with van der Waals surface area (Å²) < 4.78 is 35.1. The third-order valence-electron chi connectivity index (χ3n) is 4.59. The number of hydrogen-bond donors (Lipinski definition) is 0. The standard InChI is InChI=1S/C19H18F2N2O/c20-16-4-5-17(21)15(11-16)12-23-9-2-8-22-7-1-3-18(22)19(23)14-6-10-24-13-14/h1,3-7,10-11,13,19H,2,8-9,12H2. The molecule has 3 aromatic rings. The first kappa shape index (κ1) is 15.1. The zero-order chi connectivity index (χ0) is 16.5. The SMILES string of the molecule is Fc1ccc(F)c(CN2CCCn3cccc3C2c2ccoc2)c1. The number of furan rings is 1. The smallest absolute Gasteiger partial charge is 0.127 e. The van der Waals surface area contributed by atoms with E-state index in [-0.39, 0.29) is 11.9 Å². The van der Waals surface area contributed by atoms with Crippen molar-refractivity contribution in [1.29, 1.82) is 0 Å². The van der Waals surface area contributed by atoms with Gasteiger partial charge in [-0.05, 0) is 42.8 Å². The lowest BCUT2D eigenvalue weighted by Crippen LogP contribution is -2.29. The molecule has 0 saturated heterocycles. The van der Waals surface area contributed by atoms with Gasteiger partial charge in [0.15, 0.2) is 0 Å². The molecule has 1 aliphatic rings.